The van der Waals surface area contributed by atoms with Crippen LogP contribution in [-0.2, 0) is 0 Å². The third kappa shape index (κ3) is 1.89. The van der Waals surface area contributed by atoms with Gasteiger partial charge in [0.25, 0.3) is 0 Å². The minimum Gasteiger partial charge on any atom is -0.311 e. The van der Waals surface area contributed by atoms with Crippen LogP contribution < -0.4 is 5.32 Å². The maximum atomic E-state index is 3.67. The zero-order valence-electron chi connectivity index (χ0n) is 9.14. The molecule has 1 aliphatic heterocycles. The molecule has 0 bridgehead atoms. The lowest BCUT2D eigenvalue weighted by molar-refractivity contribution is 0.184. The van der Waals surface area contributed by atoms with Gasteiger partial charge >= 0.3 is 0 Å². The van der Waals surface area contributed by atoms with Crippen LogP contribution in [0, 0.1) is 5.41 Å². The highest BCUT2D eigenvalue weighted by molar-refractivity contribution is 5.10. The molecule has 1 aliphatic carbocycles. The topological polar surface area (TPSA) is 15.3 Å². The molecule has 1 heterocycles. The summed E-state index contributed by atoms with van der Waals surface area (Å²) in [4.78, 5) is 2.49. The Balaban J connectivity index is 1.87. The van der Waals surface area contributed by atoms with Crippen LogP contribution in [0.2, 0.25) is 0 Å². The molecule has 76 valence electrons. The molecule has 1 saturated heterocycles. The minimum absolute atomic E-state index is 0.650. The van der Waals surface area contributed by atoms with Crippen LogP contribution in [0.15, 0.2) is 0 Å². The number of piperidine rings is 1. The molecule has 0 radical (unpaired) electrons. The predicted molar refractivity (Wildman–Crippen MR) is 55.8 cm³/mol. The quantitative estimate of drug-likeness (QED) is 0.695. The molecule has 13 heavy (non-hydrogen) atoms. The first-order valence-corrected chi connectivity index (χ1v) is 5.57. The van der Waals surface area contributed by atoms with Crippen molar-refractivity contribution in [1.82, 2.24) is 10.2 Å². The zero-order chi connectivity index (χ0) is 9.47. The van der Waals surface area contributed by atoms with Gasteiger partial charge in [0, 0.05) is 18.6 Å². The summed E-state index contributed by atoms with van der Waals surface area (Å²) in [6.07, 6.45) is 4.25. The standard InChI is InChI=1S/C11H22N2/c1-9(2)12-10-7-11(10)5-4-6-13(3)8-11/h9-10,12H,4-8H2,1-3H3. The lowest BCUT2D eigenvalue weighted by Gasteiger charge is -2.31. The fourth-order valence-electron chi connectivity index (χ4n) is 2.83. The lowest BCUT2D eigenvalue weighted by atomic mass is 9.94. The molecule has 1 spiro atoms. The monoisotopic (exact) mass is 182 g/mol. The van der Waals surface area contributed by atoms with Crippen LogP contribution in [0.4, 0.5) is 0 Å². The first kappa shape index (κ1) is 9.47. The van der Waals surface area contributed by atoms with Gasteiger partial charge in [-0.3, -0.25) is 0 Å². The van der Waals surface area contributed by atoms with Gasteiger partial charge in [0.15, 0.2) is 0 Å². The van der Waals surface area contributed by atoms with E-state index in [-0.39, 0.29) is 0 Å². The van der Waals surface area contributed by atoms with Crippen LogP contribution in [-0.4, -0.2) is 37.1 Å². The Morgan fingerprint density at radius 1 is 1.46 bits per heavy atom. The fraction of sp³-hybridized carbons (Fsp3) is 1.00. The van der Waals surface area contributed by atoms with Gasteiger partial charge in [0.2, 0.25) is 0 Å². The molecule has 0 aromatic carbocycles. The van der Waals surface area contributed by atoms with Crippen LogP contribution in [0.25, 0.3) is 0 Å². The van der Waals surface area contributed by atoms with Crippen molar-refractivity contribution in [2.24, 2.45) is 5.41 Å². The Labute approximate surface area is 81.7 Å². The van der Waals surface area contributed by atoms with Crippen LogP contribution in [0.1, 0.15) is 33.1 Å². The molecule has 0 aromatic rings. The molecule has 0 amide bonds. The van der Waals surface area contributed by atoms with E-state index in [2.05, 4.69) is 31.1 Å². The maximum Gasteiger partial charge on any atom is 0.0145 e. The van der Waals surface area contributed by atoms with E-state index in [9.17, 15) is 0 Å². The van der Waals surface area contributed by atoms with Gasteiger partial charge in [-0.2, -0.15) is 0 Å². The molecular weight excluding hydrogens is 160 g/mol. The average Bonchev–Trinajstić information content (AvgIpc) is 2.60. The third-order valence-electron chi connectivity index (χ3n) is 3.52. The zero-order valence-corrected chi connectivity index (χ0v) is 9.14. The average molecular weight is 182 g/mol. The first-order chi connectivity index (χ1) is 6.12. The van der Waals surface area contributed by atoms with E-state index in [1.807, 2.05) is 0 Å². The van der Waals surface area contributed by atoms with E-state index in [0.29, 0.717) is 11.5 Å². The Morgan fingerprint density at radius 2 is 2.23 bits per heavy atom. The van der Waals surface area contributed by atoms with Crippen LogP contribution in [0.3, 0.4) is 0 Å². The van der Waals surface area contributed by atoms with Crippen molar-refractivity contribution in [2.75, 3.05) is 20.1 Å². The second-order valence-corrected chi connectivity index (χ2v) is 5.28. The van der Waals surface area contributed by atoms with Crippen molar-refractivity contribution in [3.05, 3.63) is 0 Å². The number of nitrogens with one attached hydrogen (secondary N) is 1. The smallest absolute Gasteiger partial charge is 0.0145 e. The molecule has 2 fully saturated rings. The van der Waals surface area contributed by atoms with E-state index < -0.39 is 0 Å². The summed E-state index contributed by atoms with van der Waals surface area (Å²) in [7, 11) is 2.26. The normalized spacial score (nSPS) is 40.2. The highest BCUT2D eigenvalue weighted by Gasteiger charge is 2.54. The maximum absolute atomic E-state index is 3.67. The van der Waals surface area contributed by atoms with E-state index in [0.717, 1.165) is 6.04 Å². The van der Waals surface area contributed by atoms with Crippen molar-refractivity contribution >= 4 is 0 Å². The summed E-state index contributed by atoms with van der Waals surface area (Å²) in [6, 6.07) is 1.46. The Bertz CT molecular complexity index is 191. The number of hydrogen-bond donors (Lipinski definition) is 1. The highest BCUT2D eigenvalue weighted by Crippen LogP contribution is 2.52. The molecule has 1 saturated carbocycles. The highest BCUT2D eigenvalue weighted by atomic mass is 15.1. The van der Waals surface area contributed by atoms with Crippen molar-refractivity contribution in [1.29, 1.82) is 0 Å². The van der Waals surface area contributed by atoms with Gasteiger partial charge in [-0.25, -0.2) is 0 Å². The van der Waals surface area contributed by atoms with Gasteiger partial charge in [-0.05, 0) is 38.3 Å². The van der Waals surface area contributed by atoms with Gasteiger partial charge in [0.05, 0.1) is 0 Å². The van der Waals surface area contributed by atoms with E-state index in [1.165, 1.54) is 32.4 Å². The number of rotatable bonds is 2. The summed E-state index contributed by atoms with van der Waals surface area (Å²) >= 11 is 0. The second kappa shape index (κ2) is 3.25. The molecule has 1 N–H and O–H groups in total. The lowest BCUT2D eigenvalue weighted by Crippen LogP contribution is -2.39. The molecule has 2 rings (SSSR count). The van der Waals surface area contributed by atoms with Crippen molar-refractivity contribution in [2.45, 2.75) is 45.2 Å². The van der Waals surface area contributed by atoms with Gasteiger partial charge in [0.1, 0.15) is 0 Å². The summed E-state index contributed by atoms with van der Waals surface area (Å²) in [5.41, 5.74) is 0.664. The van der Waals surface area contributed by atoms with Crippen molar-refractivity contribution in [3.63, 3.8) is 0 Å². The van der Waals surface area contributed by atoms with Crippen molar-refractivity contribution < 1.29 is 0 Å². The number of nitrogens with zero attached hydrogens (tertiary/aromatic N) is 1. The first-order valence-electron chi connectivity index (χ1n) is 5.57. The molecule has 2 heteroatoms. The summed E-state index contributed by atoms with van der Waals surface area (Å²) < 4.78 is 0. The number of hydrogen-bond acceptors (Lipinski definition) is 2. The van der Waals surface area contributed by atoms with E-state index >= 15 is 0 Å². The summed E-state index contributed by atoms with van der Waals surface area (Å²) in [5, 5.41) is 3.67. The van der Waals surface area contributed by atoms with Gasteiger partial charge in [-0.1, -0.05) is 13.8 Å². The molecular formula is C11H22N2. The van der Waals surface area contributed by atoms with Gasteiger partial charge in [-0.15, -0.1) is 0 Å². The molecule has 2 nitrogen and oxygen atoms in total. The summed E-state index contributed by atoms with van der Waals surface area (Å²) in [6.45, 7) is 7.12. The summed E-state index contributed by atoms with van der Waals surface area (Å²) in [5.74, 6) is 0. The van der Waals surface area contributed by atoms with E-state index in [4.69, 9.17) is 0 Å². The Hall–Kier alpha value is -0.0800. The number of likely N-dealkylation sites (tertiary alicyclic amines) is 1. The molecule has 0 aromatic heterocycles. The molecule has 2 unspecified atom stereocenters. The SMILES string of the molecule is CC(C)NC1CC12CCCN(C)C2. The Kier molecular flexibility index (Phi) is 2.37. The third-order valence-corrected chi connectivity index (χ3v) is 3.52. The Morgan fingerprint density at radius 3 is 2.85 bits per heavy atom. The van der Waals surface area contributed by atoms with E-state index in [1.54, 1.807) is 0 Å². The molecule has 2 aliphatic rings. The van der Waals surface area contributed by atoms with Crippen LogP contribution >= 0.6 is 0 Å². The largest absolute Gasteiger partial charge is 0.311 e. The molecule has 2 atom stereocenters. The van der Waals surface area contributed by atoms with Crippen LogP contribution in [0.5, 0.6) is 0 Å². The minimum atomic E-state index is 0.650. The fourth-order valence-corrected chi connectivity index (χ4v) is 2.83. The van der Waals surface area contributed by atoms with Crippen molar-refractivity contribution in [3.8, 4) is 0 Å². The second-order valence-electron chi connectivity index (χ2n) is 5.28. The van der Waals surface area contributed by atoms with Gasteiger partial charge < -0.3 is 10.2 Å². The predicted octanol–water partition coefficient (Wildman–Crippen LogP) is 1.47.